The molecule has 2 N–H and O–H groups in total. The SMILES string of the molecule is CN=C(NCc1ccc(OC)cc1)NCC(OC)C(C)(C)C. The molecule has 5 nitrogen and oxygen atoms in total. The van der Waals surface area contributed by atoms with Gasteiger partial charge in [0, 0.05) is 27.2 Å². The summed E-state index contributed by atoms with van der Waals surface area (Å²) in [5, 5.41) is 6.61. The van der Waals surface area contributed by atoms with Crippen LogP contribution in [0.2, 0.25) is 0 Å². The number of nitrogens with zero attached hydrogens (tertiary/aromatic N) is 1. The standard InChI is InChI=1S/C17H29N3O2/c1-17(2,3)15(22-6)12-20-16(18-4)19-11-13-7-9-14(21-5)10-8-13/h7-10,15H,11-12H2,1-6H3,(H2,18,19,20). The number of hydrogen-bond donors (Lipinski definition) is 2. The Kier molecular flexibility index (Phi) is 7.18. The Hall–Kier alpha value is -1.75. The van der Waals surface area contributed by atoms with Crippen LogP contribution in [-0.4, -0.2) is 39.9 Å². The van der Waals surface area contributed by atoms with Crippen LogP contribution in [0.25, 0.3) is 0 Å². The molecule has 0 aliphatic rings. The fourth-order valence-electron chi connectivity index (χ4n) is 2.08. The molecular formula is C17H29N3O2. The first-order valence-corrected chi connectivity index (χ1v) is 7.51. The van der Waals surface area contributed by atoms with E-state index >= 15 is 0 Å². The quantitative estimate of drug-likeness (QED) is 0.626. The van der Waals surface area contributed by atoms with Crippen LogP contribution in [0.4, 0.5) is 0 Å². The van der Waals surface area contributed by atoms with E-state index in [2.05, 4.69) is 36.4 Å². The van der Waals surface area contributed by atoms with Crippen molar-refractivity contribution in [1.29, 1.82) is 0 Å². The van der Waals surface area contributed by atoms with Gasteiger partial charge in [-0.3, -0.25) is 4.99 Å². The number of aliphatic imine (C=N–C) groups is 1. The first-order chi connectivity index (χ1) is 10.4. The number of guanidine groups is 1. The van der Waals surface area contributed by atoms with Gasteiger partial charge in [0.1, 0.15) is 5.75 Å². The molecule has 1 atom stereocenters. The van der Waals surface area contributed by atoms with E-state index in [1.807, 2.05) is 24.3 Å². The topological polar surface area (TPSA) is 54.9 Å². The largest absolute Gasteiger partial charge is 0.497 e. The van der Waals surface area contributed by atoms with Crippen LogP contribution in [0, 0.1) is 5.41 Å². The van der Waals surface area contributed by atoms with Crippen molar-refractivity contribution in [1.82, 2.24) is 10.6 Å². The van der Waals surface area contributed by atoms with Gasteiger partial charge in [0.15, 0.2) is 5.96 Å². The lowest BCUT2D eigenvalue weighted by molar-refractivity contribution is 0.0205. The summed E-state index contributed by atoms with van der Waals surface area (Å²) in [6.45, 7) is 7.91. The minimum atomic E-state index is 0.0799. The van der Waals surface area contributed by atoms with Gasteiger partial charge in [-0.15, -0.1) is 0 Å². The lowest BCUT2D eigenvalue weighted by Crippen LogP contribution is -2.45. The molecule has 0 bridgehead atoms. The van der Waals surface area contributed by atoms with E-state index in [-0.39, 0.29) is 11.5 Å². The van der Waals surface area contributed by atoms with Crippen LogP contribution in [0.3, 0.4) is 0 Å². The second kappa shape index (κ2) is 8.63. The maximum atomic E-state index is 5.54. The number of hydrogen-bond acceptors (Lipinski definition) is 3. The molecule has 5 heteroatoms. The molecule has 0 radical (unpaired) electrons. The Labute approximate surface area is 134 Å². The van der Waals surface area contributed by atoms with Crippen molar-refractivity contribution in [3.05, 3.63) is 29.8 Å². The van der Waals surface area contributed by atoms with Crippen LogP contribution in [0.15, 0.2) is 29.3 Å². The fraction of sp³-hybridized carbons (Fsp3) is 0.588. The smallest absolute Gasteiger partial charge is 0.191 e. The predicted molar refractivity (Wildman–Crippen MR) is 91.4 cm³/mol. The zero-order valence-electron chi connectivity index (χ0n) is 14.6. The van der Waals surface area contributed by atoms with E-state index < -0.39 is 0 Å². The Balaban J connectivity index is 2.48. The highest BCUT2D eigenvalue weighted by Gasteiger charge is 2.24. The van der Waals surface area contributed by atoms with Gasteiger partial charge in [-0.25, -0.2) is 0 Å². The van der Waals surface area contributed by atoms with Crippen molar-refractivity contribution >= 4 is 5.96 Å². The predicted octanol–water partition coefficient (Wildman–Crippen LogP) is 2.42. The van der Waals surface area contributed by atoms with E-state index in [0.717, 1.165) is 11.7 Å². The maximum absolute atomic E-state index is 5.54. The minimum absolute atomic E-state index is 0.0799. The summed E-state index contributed by atoms with van der Waals surface area (Å²) in [6.07, 6.45) is 0.118. The van der Waals surface area contributed by atoms with Gasteiger partial charge in [-0.1, -0.05) is 32.9 Å². The summed E-state index contributed by atoms with van der Waals surface area (Å²) in [4.78, 5) is 4.24. The van der Waals surface area contributed by atoms with Crippen LogP contribution in [0.1, 0.15) is 26.3 Å². The summed E-state index contributed by atoms with van der Waals surface area (Å²) in [7, 11) is 5.17. The third-order valence-corrected chi connectivity index (χ3v) is 3.55. The summed E-state index contributed by atoms with van der Waals surface area (Å²) in [6, 6.07) is 7.97. The van der Waals surface area contributed by atoms with Crippen LogP contribution in [0.5, 0.6) is 5.75 Å². The lowest BCUT2D eigenvalue weighted by Gasteiger charge is -2.30. The van der Waals surface area contributed by atoms with Crippen molar-refractivity contribution < 1.29 is 9.47 Å². The molecule has 1 rings (SSSR count). The molecule has 1 unspecified atom stereocenters. The first kappa shape index (κ1) is 18.3. The zero-order chi connectivity index (χ0) is 16.6. The average molecular weight is 307 g/mol. The number of ether oxygens (including phenoxy) is 2. The van der Waals surface area contributed by atoms with Crippen molar-refractivity contribution in [2.75, 3.05) is 27.8 Å². The summed E-state index contributed by atoms with van der Waals surface area (Å²) >= 11 is 0. The summed E-state index contributed by atoms with van der Waals surface area (Å²) < 4.78 is 10.7. The monoisotopic (exact) mass is 307 g/mol. The number of rotatable bonds is 6. The lowest BCUT2D eigenvalue weighted by atomic mass is 9.89. The zero-order valence-corrected chi connectivity index (χ0v) is 14.6. The third-order valence-electron chi connectivity index (χ3n) is 3.55. The Morgan fingerprint density at radius 2 is 1.77 bits per heavy atom. The highest BCUT2D eigenvalue weighted by molar-refractivity contribution is 5.79. The van der Waals surface area contributed by atoms with Crippen molar-refractivity contribution in [2.24, 2.45) is 10.4 Å². The normalized spacial score (nSPS) is 13.6. The van der Waals surface area contributed by atoms with E-state index in [9.17, 15) is 0 Å². The molecule has 0 amide bonds. The molecular weight excluding hydrogens is 278 g/mol. The van der Waals surface area contributed by atoms with Gasteiger partial charge in [-0.2, -0.15) is 0 Å². The van der Waals surface area contributed by atoms with Crippen LogP contribution >= 0.6 is 0 Å². The molecule has 0 aliphatic carbocycles. The Bertz CT molecular complexity index is 464. The van der Waals surface area contributed by atoms with Gasteiger partial charge in [-0.05, 0) is 23.1 Å². The second-order valence-electron chi connectivity index (χ2n) is 6.25. The molecule has 0 fully saturated rings. The highest BCUT2D eigenvalue weighted by Crippen LogP contribution is 2.20. The van der Waals surface area contributed by atoms with Crippen molar-refractivity contribution in [3.63, 3.8) is 0 Å². The molecule has 0 spiro atoms. The molecule has 0 saturated carbocycles. The number of benzene rings is 1. The Morgan fingerprint density at radius 3 is 2.23 bits per heavy atom. The third kappa shape index (κ3) is 5.93. The van der Waals surface area contributed by atoms with Crippen LogP contribution in [-0.2, 0) is 11.3 Å². The van der Waals surface area contributed by atoms with E-state index in [1.165, 1.54) is 5.56 Å². The number of methoxy groups -OCH3 is 2. The fourth-order valence-corrected chi connectivity index (χ4v) is 2.08. The van der Waals surface area contributed by atoms with Crippen molar-refractivity contribution in [2.45, 2.75) is 33.4 Å². The van der Waals surface area contributed by atoms with Gasteiger partial charge in [0.05, 0.1) is 13.2 Å². The van der Waals surface area contributed by atoms with Gasteiger partial charge < -0.3 is 20.1 Å². The average Bonchev–Trinajstić information content (AvgIpc) is 2.50. The van der Waals surface area contributed by atoms with E-state index in [1.54, 1.807) is 21.3 Å². The van der Waals surface area contributed by atoms with Gasteiger partial charge in [0.2, 0.25) is 0 Å². The highest BCUT2D eigenvalue weighted by atomic mass is 16.5. The molecule has 1 aromatic carbocycles. The number of nitrogens with one attached hydrogen (secondary N) is 2. The van der Waals surface area contributed by atoms with Crippen LogP contribution < -0.4 is 15.4 Å². The van der Waals surface area contributed by atoms with Crippen molar-refractivity contribution in [3.8, 4) is 5.75 Å². The summed E-state index contributed by atoms with van der Waals surface area (Å²) in [5.41, 5.74) is 1.25. The molecule has 0 saturated heterocycles. The molecule has 0 aliphatic heterocycles. The van der Waals surface area contributed by atoms with Gasteiger partial charge in [0.25, 0.3) is 0 Å². The maximum Gasteiger partial charge on any atom is 0.191 e. The molecule has 1 aromatic rings. The minimum Gasteiger partial charge on any atom is -0.497 e. The first-order valence-electron chi connectivity index (χ1n) is 7.51. The second-order valence-corrected chi connectivity index (χ2v) is 6.25. The van der Waals surface area contributed by atoms with E-state index in [4.69, 9.17) is 9.47 Å². The molecule has 0 aromatic heterocycles. The Morgan fingerprint density at radius 1 is 1.14 bits per heavy atom. The van der Waals surface area contributed by atoms with E-state index in [0.29, 0.717) is 13.1 Å². The molecule has 124 valence electrons. The molecule has 22 heavy (non-hydrogen) atoms. The van der Waals surface area contributed by atoms with Gasteiger partial charge >= 0.3 is 0 Å². The summed E-state index contributed by atoms with van der Waals surface area (Å²) in [5.74, 6) is 1.63. The molecule has 0 heterocycles.